The van der Waals surface area contributed by atoms with Gasteiger partial charge in [-0.1, -0.05) is 29.9 Å². The maximum absolute atomic E-state index is 12.4. The fourth-order valence-corrected chi connectivity index (χ4v) is 5.58. The van der Waals surface area contributed by atoms with Crippen molar-refractivity contribution in [2.45, 2.75) is 18.7 Å². The van der Waals surface area contributed by atoms with E-state index in [1.54, 1.807) is 23.1 Å². The molecule has 5 nitrogen and oxygen atoms in total. The molecular formula is C23H28Cl2N4OS2. The second-order valence-electron chi connectivity index (χ2n) is 7.56. The SMILES string of the molecule is CCSc1ccc(C(=O)NCCN2CCN(c3nc4c(C)c(Cl)ccc4s3)CC2)cc1.Cl. The van der Waals surface area contributed by atoms with Crippen LogP contribution in [0.15, 0.2) is 41.3 Å². The van der Waals surface area contributed by atoms with Gasteiger partial charge in [0.15, 0.2) is 5.13 Å². The molecule has 0 spiro atoms. The van der Waals surface area contributed by atoms with Gasteiger partial charge in [-0.05, 0) is 54.6 Å². The summed E-state index contributed by atoms with van der Waals surface area (Å²) >= 11 is 9.76. The molecule has 0 aliphatic carbocycles. The molecule has 172 valence electrons. The molecule has 1 aliphatic heterocycles. The maximum Gasteiger partial charge on any atom is 0.251 e. The van der Waals surface area contributed by atoms with Gasteiger partial charge in [-0.2, -0.15) is 0 Å². The molecule has 1 saturated heterocycles. The number of fused-ring (bicyclic) bond motifs is 1. The molecule has 0 unspecified atom stereocenters. The van der Waals surface area contributed by atoms with Gasteiger partial charge in [0.1, 0.15) is 0 Å². The Hall–Kier alpha value is -1.51. The van der Waals surface area contributed by atoms with Crippen LogP contribution in [0, 0.1) is 6.92 Å². The summed E-state index contributed by atoms with van der Waals surface area (Å²) in [5, 5.41) is 4.88. The summed E-state index contributed by atoms with van der Waals surface area (Å²) in [5.41, 5.74) is 2.78. The van der Waals surface area contributed by atoms with Gasteiger partial charge < -0.3 is 10.2 Å². The molecule has 1 aromatic heterocycles. The summed E-state index contributed by atoms with van der Waals surface area (Å²) < 4.78 is 1.18. The Bertz CT molecular complexity index is 1050. The van der Waals surface area contributed by atoms with E-state index < -0.39 is 0 Å². The number of hydrogen-bond donors (Lipinski definition) is 1. The number of carbonyl (C=O) groups excluding carboxylic acids is 1. The Morgan fingerprint density at radius 3 is 2.56 bits per heavy atom. The lowest BCUT2D eigenvalue weighted by Gasteiger charge is -2.34. The van der Waals surface area contributed by atoms with E-state index >= 15 is 0 Å². The van der Waals surface area contributed by atoms with Crippen molar-refractivity contribution in [3.05, 3.63) is 52.5 Å². The Labute approximate surface area is 208 Å². The Morgan fingerprint density at radius 1 is 1.16 bits per heavy atom. The number of rotatable bonds is 7. The average Bonchev–Trinajstić information content (AvgIpc) is 3.23. The number of thioether (sulfide) groups is 1. The van der Waals surface area contributed by atoms with Crippen LogP contribution in [0.4, 0.5) is 5.13 Å². The van der Waals surface area contributed by atoms with Gasteiger partial charge in [-0.15, -0.1) is 24.2 Å². The third kappa shape index (κ3) is 5.88. The summed E-state index contributed by atoms with van der Waals surface area (Å²) in [6.07, 6.45) is 0. The largest absolute Gasteiger partial charge is 0.351 e. The molecule has 0 bridgehead atoms. The highest BCUT2D eigenvalue weighted by Crippen LogP contribution is 2.33. The fraction of sp³-hybridized carbons (Fsp3) is 0.391. The summed E-state index contributed by atoms with van der Waals surface area (Å²) in [5.74, 6) is 1.03. The number of thiazole rings is 1. The second-order valence-corrected chi connectivity index (χ2v) is 10.3. The zero-order valence-corrected chi connectivity index (χ0v) is 21.5. The first kappa shape index (κ1) is 25.1. The highest BCUT2D eigenvalue weighted by atomic mass is 35.5. The minimum Gasteiger partial charge on any atom is -0.351 e. The van der Waals surface area contributed by atoms with Crippen molar-refractivity contribution >= 4 is 68.4 Å². The van der Waals surface area contributed by atoms with Gasteiger partial charge in [-0.25, -0.2) is 4.98 Å². The smallest absolute Gasteiger partial charge is 0.251 e. The van der Waals surface area contributed by atoms with Gasteiger partial charge in [-0.3, -0.25) is 9.69 Å². The van der Waals surface area contributed by atoms with Crippen molar-refractivity contribution in [1.29, 1.82) is 0 Å². The molecule has 1 N–H and O–H groups in total. The number of nitrogens with one attached hydrogen (secondary N) is 1. The van der Waals surface area contributed by atoms with Gasteiger partial charge in [0, 0.05) is 54.8 Å². The number of halogens is 2. The highest BCUT2D eigenvalue weighted by Gasteiger charge is 2.20. The van der Waals surface area contributed by atoms with Crippen molar-refractivity contribution in [3.63, 3.8) is 0 Å². The molecule has 0 saturated carbocycles. The van der Waals surface area contributed by atoms with Crippen molar-refractivity contribution in [1.82, 2.24) is 15.2 Å². The lowest BCUT2D eigenvalue weighted by Crippen LogP contribution is -2.48. The molecule has 32 heavy (non-hydrogen) atoms. The van der Waals surface area contributed by atoms with E-state index in [2.05, 4.69) is 28.1 Å². The molecule has 2 aromatic carbocycles. The van der Waals surface area contributed by atoms with Crippen LogP contribution in [0.1, 0.15) is 22.8 Å². The number of nitrogens with zero attached hydrogens (tertiary/aromatic N) is 3. The average molecular weight is 512 g/mol. The predicted octanol–water partition coefficient (Wildman–Crippen LogP) is 5.34. The van der Waals surface area contributed by atoms with Crippen molar-refractivity contribution in [2.75, 3.05) is 49.9 Å². The van der Waals surface area contributed by atoms with Crippen molar-refractivity contribution in [3.8, 4) is 0 Å². The molecule has 9 heteroatoms. The third-order valence-corrected chi connectivity index (χ3v) is 7.91. The maximum atomic E-state index is 12.4. The van der Waals surface area contributed by atoms with Crippen LogP contribution in [-0.4, -0.2) is 60.8 Å². The Kier molecular flexibility index (Phi) is 9.08. The molecule has 1 aliphatic rings. The van der Waals surface area contributed by atoms with Crippen molar-refractivity contribution in [2.24, 2.45) is 0 Å². The lowest BCUT2D eigenvalue weighted by atomic mass is 10.2. The van der Waals surface area contributed by atoms with E-state index in [1.165, 1.54) is 9.60 Å². The molecule has 4 rings (SSSR count). The first-order chi connectivity index (χ1) is 15.0. The zero-order valence-electron chi connectivity index (χ0n) is 18.3. The normalized spacial score (nSPS) is 14.4. The minimum atomic E-state index is -0.00445. The molecule has 3 aromatic rings. The fourth-order valence-electron chi connectivity index (χ4n) is 3.69. The first-order valence-corrected chi connectivity index (χ1v) is 12.8. The van der Waals surface area contributed by atoms with E-state index in [4.69, 9.17) is 16.6 Å². The molecule has 0 atom stereocenters. The molecule has 0 radical (unpaired) electrons. The number of carbonyl (C=O) groups is 1. The number of benzene rings is 2. The van der Waals surface area contributed by atoms with Crippen LogP contribution in [0.3, 0.4) is 0 Å². The molecule has 2 heterocycles. The van der Waals surface area contributed by atoms with E-state index in [0.717, 1.165) is 65.3 Å². The Morgan fingerprint density at radius 2 is 1.88 bits per heavy atom. The highest BCUT2D eigenvalue weighted by molar-refractivity contribution is 7.99. The van der Waals surface area contributed by atoms with Crippen LogP contribution >= 0.6 is 47.1 Å². The quantitative estimate of drug-likeness (QED) is 0.434. The summed E-state index contributed by atoms with van der Waals surface area (Å²) in [7, 11) is 0. The van der Waals surface area contributed by atoms with E-state index in [0.29, 0.717) is 6.54 Å². The number of aryl methyl sites for hydroxylation is 1. The van der Waals surface area contributed by atoms with Gasteiger partial charge in [0.25, 0.3) is 5.91 Å². The molecule has 1 fully saturated rings. The number of hydrogen-bond acceptors (Lipinski definition) is 6. The predicted molar refractivity (Wildman–Crippen MR) is 140 cm³/mol. The summed E-state index contributed by atoms with van der Waals surface area (Å²) in [4.78, 5) is 23.2. The number of piperazine rings is 1. The van der Waals surface area contributed by atoms with Crippen LogP contribution in [0.5, 0.6) is 0 Å². The minimum absolute atomic E-state index is 0. The van der Waals surface area contributed by atoms with Crippen LogP contribution < -0.4 is 10.2 Å². The number of aromatic nitrogens is 1. The molecular weight excluding hydrogens is 483 g/mol. The van der Waals surface area contributed by atoms with Gasteiger partial charge >= 0.3 is 0 Å². The third-order valence-electron chi connectivity index (χ3n) is 5.52. The van der Waals surface area contributed by atoms with E-state index in [1.807, 2.05) is 37.3 Å². The first-order valence-electron chi connectivity index (χ1n) is 10.6. The monoisotopic (exact) mass is 510 g/mol. The summed E-state index contributed by atoms with van der Waals surface area (Å²) in [6, 6.07) is 11.8. The van der Waals surface area contributed by atoms with E-state index in [-0.39, 0.29) is 18.3 Å². The van der Waals surface area contributed by atoms with Crippen LogP contribution in [-0.2, 0) is 0 Å². The van der Waals surface area contributed by atoms with Crippen LogP contribution in [0.25, 0.3) is 10.2 Å². The van der Waals surface area contributed by atoms with Crippen LogP contribution in [0.2, 0.25) is 5.02 Å². The summed E-state index contributed by atoms with van der Waals surface area (Å²) in [6.45, 7) is 9.48. The second kappa shape index (κ2) is 11.6. The van der Waals surface area contributed by atoms with Crippen molar-refractivity contribution < 1.29 is 4.79 Å². The number of amides is 1. The topological polar surface area (TPSA) is 48.5 Å². The van der Waals surface area contributed by atoms with Gasteiger partial charge in [0.05, 0.1) is 10.2 Å². The van der Waals surface area contributed by atoms with Gasteiger partial charge in [0.2, 0.25) is 0 Å². The number of anilines is 1. The Balaban J connectivity index is 0.00000289. The standard InChI is InChI=1S/C23H27ClN4OS2.ClH/c1-3-30-18-6-4-17(5-7-18)22(29)25-10-11-27-12-14-28(15-13-27)23-26-21-16(2)19(24)8-9-20(21)31-23;/h4-9H,3,10-15H2,1-2H3,(H,25,29);1H. The zero-order chi connectivity index (χ0) is 21.8. The lowest BCUT2D eigenvalue weighted by molar-refractivity contribution is 0.0947. The van der Waals surface area contributed by atoms with E-state index in [9.17, 15) is 4.79 Å². The molecule has 1 amide bonds.